The molecule has 2 aromatic rings. The van der Waals surface area contributed by atoms with Crippen LogP contribution in [0.25, 0.3) is 5.69 Å². The number of halogens is 2. The van der Waals surface area contributed by atoms with Gasteiger partial charge in [-0.15, -0.1) is 17.5 Å². The van der Waals surface area contributed by atoms with E-state index in [1.807, 2.05) is 32.0 Å². The largest absolute Gasteiger partial charge is 0.348 e. The van der Waals surface area contributed by atoms with Gasteiger partial charge in [0.1, 0.15) is 5.82 Å². The molecule has 1 aromatic carbocycles. The lowest BCUT2D eigenvalue weighted by Crippen LogP contribution is -2.46. The van der Waals surface area contributed by atoms with Gasteiger partial charge in [-0.25, -0.2) is 9.67 Å². The number of nitrogens with one attached hydrogen (secondary N) is 2. The first kappa shape index (κ1) is 21.6. The zero-order valence-corrected chi connectivity index (χ0v) is 17.2. The Hall–Kier alpha value is -1.67. The first-order valence-corrected chi connectivity index (χ1v) is 9.37. The van der Waals surface area contributed by atoms with Crippen molar-refractivity contribution in [3.05, 3.63) is 40.9 Å². The van der Waals surface area contributed by atoms with Crippen molar-refractivity contribution in [2.75, 3.05) is 39.3 Å². The third-order valence-corrected chi connectivity index (χ3v) is 4.68. The van der Waals surface area contributed by atoms with Gasteiger partial charge in [0.2, 0.25) is 5.82 Å². The fourth-order valence-electron chi connectivity index (χ4n) is 2.94. The van der Waals surface area contributed by atoms with Crippen molar-refractivity contribution in [1.29, 1.82) is 0 Å². The van der Waals surface area contributed by atoms with Crippen molar-refractivity contribution in [3.8, 4) is 5.69 Å². The number of piperazine rings is 1. The molecule has 3 rings (SSSR count). The predicted octanol–water partition coefficient (Wildman–Crippen LogP) is 2.10. The number of carbonyl (C=O) groups is 1. The minimum atomic E-state index is -0.257. The standard InChI is InChI=1S/C18H25ClN6O.ClH/c1-13(2)17-22-16(23-25(17)15-6-4-3-5-14(15)19)18(26)21-9-12-24-10-7-20-8-11-24;/h3-6,13,20H,7-12H2,1-2H3,(H,21,26);1H. The van der Waals surface area contributed by atoms with Crippen molar-refractivity contribution in [2.24, 2.45) is 0 Å². The first-order valence-electron chi connectivity index (χ1n) is 8.99. The van der Waals surface area contributed by atoms with E-state index < -0.39 is 0 Å². The molecule has 9 heteroatoms. The summed E-state index contributed by atoms with van der Waals surface area (Å²) in [5.74, 6) is 0.744. The minimum Gasteiger partial charge on any atom is -0.348 e. The Morgan fingerprint density at radius 1 is 1.30 bits per heavy atom. The van der Waals surface area contributed by atoms with Crippen molar-refractivity contribution < 1.29 is 4.79 Å². The third-order valence-electron chi connectivity index (χ3n) is 4.36. The van der Waals surface area contributed by atoms with Crippen LogP contribution in [0.15, 0.2) is 24.3 Å². The lowest BCUT2D eigenvalue weighted by Gasteiger charge is -2.26. The molecular formula is C18H26Cl2N6O. The number of para-hydroxylation sites is 1. The van der Waals surface area contributed by atoms with Crippen LogP contribution >= 0.6 is 24.0 Å². The van der Waals surface area contributed by atoms with Crippen LogP contribution in [-0.4, -0.2) is 64.8 Å². The van der Waals surface area contributed by atoms with E-state index in [1.54, 1.807) is 10.7 Å². The molecule has 0 bridgehead atoms. The van der Waals surface area contributed by atoms with Gasteiger partial charge in [-0.05, 0) is 12.1 Å². The van der Waals surface area contributed by atoms with Gasteiger partial charge >= 0.3 is 0 Å². The maximum atomic E-state index is 12.5. The van der Waals surface area contributed by atoms with E-state index in [0.717, 1.165) is 38.4 Å². The van der Waals surface area contributed by atoms with Crippen molar-refractivity contribution in [3.63, 3.8) is 0 Å². The smallest absolute Gasteiger partial charge is 0.291 e. The summed E-state index contributed by atoms with van der Waals surface area (Å²) in [5, 5.41) is 11.2. The van der Waals surface area contributed by atoms with Crippen LogP contribution in [0, 0.1) is 0 Å². The first-order chi connectivity index (χ1) is 12.6. The second-order valence-corrected chi connectivity index (χ2v) is 7.07. The molecule has 0 saturated carbocycles. The van der Waals surface area contributed by atoms with Crippen LogP contribution in [0.4, 0.5) is 0 Å². The van der Waals surface area contributed by atoms with E-state index in [0.29, 0.717) is 17.4 Å². The van der Waals surface area contributed by atoms with Crippen LogP contribution in [0.1, 0.15) is 36.2 Å². The summed E-state index contributed by atoms with van der Waals surface area (Å²) >= 11 is 6.29. The van der Waals surface area contributed by atoms with Gasteiger partial charge in [-0.3, -0.25) is 9.69 Å². The van der Waals surface area contributed by atoms with E-state index >= 15 is 0 Å². The SMILES string of the molecule is CC(C)c1nc(C(=O)NCCN2CCNCC2)nn1-c1ccccc1Cl.Cl. The minimum absolute atomic E-state index is 0. The molecule has 1 aliphatic heterocycles. The number of aromatic nitrogens is 3. The van der Waals surface area contributed by atoms with E-state index in [1.165, 1.54) is 0 Å². The molecule has 2 N–H and O–H groups in total. The summed E-state index contributed by atoms with van der Waals surface area (Å²) in [5.41, 5.74) is 0.727. The lowest BCUT2D eigenvalue weighted by molar-refractivity contribution is 0.0937. The molecule has 1 aliphatic rings. The van der Waals surface area contributed by atoms with E-state index in [9.17, 15) is 4.79 Å². The fourth-order valence-corrected chi connectivity index (χ4v) is 3.15. The third kappa shape index (κ3) is 5.42. The van der Waals surface area contributed by atoms with Crippen LogP contribution in [0.2, 0.25) is 5.02 Å². The number of amides is 1. The van der Waals surface area contributed by atoms with Gasteiger partial charge in [0.05, 0.1) is 10.7 Å². The molecule has 1 amide bonds. The molecule has 0 spiro atoms. The zero-order valence-electron chi connectivity index (χ0n) is 15.6. The number of carbonyl (C=O) groups excluding carboxylic acids is 1. The molecule has 1 saturated heterocycles. The highest BCUT2D eigenvalue weighted by Gasteiger charge is 2.20. The summed E-state index contributed by atoms with van der Waals surface area (Å²) in [6.07, 6.45) is 0. The molecule has 1 fully saturated rings. The average molecular weight is 413 g/mol. The van der Waals surface area contributed by atoms with Gasteiger partial charge < -0.3 is 10.6 Å². The molecule has 27 heavy (non-hydrogen) atoms. The van der Waals surface area contributed by atoms with Crippen molar-refractivity contribution >= 4 is 29.9 Å². The monoisotopic (exact) mass is 412 g/mol. The molecule has 148 valence electrons. The second-order valence-electron chi connectivity index (χ2n) is 6.66. The van der Waals surface area contributed by atoms with Crippen LogP contribution < -0.4 is 10.6 Å². The molecule has 2 heterocycles. The predicted molar refractivity (Wildman–Crippen MR) is 109 cm³/mol. The second kappa shape index (κ2) is 10.0. The summed E-state index contributed by atoms with van der Waals surface area (Å²) in [7, 11) is 0. The topological polar surface area (TPSA) is 75.1 Å². The summed E-state index contributed by atoms with van der Waals surface area (Å²) in [6, 6.07) is 7.42. The van der Waals surface area contributed by atoms with Gasteiger partial charge in [-0.2, -0.15) is 0 Å². The fraction of sp³-hybridized carbons (Fsp3) is 0.500. The van der Waals surface area contributed by atoms with Crippen LogP contribution in [0.5, 0.6) is 0 Å². The number of benzene rings is 1. The normalized spacial score (nSPS) is 14.8. The zero-order chi connectivity index (χ0) is 18.5. The molecule has 7 nitrogen and oxygen atoms in total. The average Bonchev–Trinajstić information content (AvgIpc) is 3.08. The Morgan fingerprint density at radius 2 is 2.00 bits per heavy atom. The van der Waals surface area contributed by atoms with Crippen molar-refractivity contribution in [2.45, 2.75) is 19.8 Å². The highest BCUT2D eigenvalue weighted by molar-refractivity contribution is 6.32. The van der Waals surface area contributed by atoms with E-state index in [4.69, 9.17) is 11.6 Å². The summed E-state index contributed by atoms with van der Waals surface area (Å²) in [6.45, 7) is 9.45. The quantitative estimate of drug-likeness (QED) is 0.759. The van der Waals surface area contributed by atoms with Crippen molar-refractivity contribution in [1.82, 2.24) is 30.3 Å². The Balaban J connectivity index is 0.00000261. The lowest BCUT2D eigenvalue weighted by atomic mass is 10.2. The Morgan fingerprint density at radius 3 is 2.67 bits per heavy atom. The van der Waals surface area contributed by atoms with E-state index in [-0.39, 0.29) is 30.1 Å². The summed E-state index contributed by atoms with van der Waals surface area (Å²) < 4.78 is 1.66. The Labute approximate surface area is 170 Å². The molecular weight excluding hydrogens is 387 g/mol. The van der Waals surface area contributed by atoms with E-state index in [2.05, 4.69) is 25.6 Å². The Bertz CT molecular complexity index is 758. The van der Waals surface area contributed by atoms with Gasteiger partial charge in [-0.1, -0.05) is 37.6 Å². The maximum absolute atomic E-state index is 12.5. The number of hydrogen-bond donors (Lipinski definition) is 2. The summed E-state index contributed by atoms with van der Waals surface area (Å²) in [4.78, 5) is 19.3. The van der Waals surface area contributed by atoms with Gasteiger partial charge in [0, 0.05) is 45.2 Å². The number of nitrogens with zero attached hydrogens (tertiary/aromatic N) is 4. The number of hydrogen-bond acceptors (Lipinski definition) is 5. The van der Waals surface area contributed by atoms with Crippen LogP contribution in [-0.2, 0) is 0 Å². The molecule has 0 unspecified atom stereocenters. The maximum Gasteiger partial charge on any atom is 0.291 e. The van der Waals surface area contributed by atoms with Gasteiger partial charge in [0.25, 0.3) is 5.91 Å². The van der Waals surface area contributed by atoms with Crippen LogP contribution in [0.3, 0.4) is 0 Å². The molecule has 0 aliphatic carbocycles. The molecule has 0 atom stereocenters. The molecule has 1 aromatic heterocycles. The van der Waals surface area contributed by atoms with Gasteiger partial charge in [0.15, 0.2) is 0 Å². The Kier molecular flexibility index (Phi) is 8.04. The number of rotatable bonds is 6. The highest BCUT2D eigenvalue weighted by Crippen LogP contribution is 2.23. The molecule has 0 radical (unpaired) electrons. The highest BCUT2D eigenvalue weighted by atomic mass is 35.5.